The van der Waals surface area contributed by atoms with Crippen LogP contribution in [0.2, 0.25) is 0 Å². The number of thiophene rings is 2. The number of rotatable bonds is 12. The molecule has 0 aliphatic carbocycles. The third kappa shape index (κ3) is 6.84. The quantitative estimate of drug-likeness (QED) is 0.126. The molecule has 0 spiro atoms. The van der Waals surface area contributed by atoms with Crippen LogP contribution in [-0.2, 0) is 12.8 Å². The largest absolute Gasteiger partial charge is 0.396 e. The predicted molar refractivity (Wildman–Crippen MR) is 199 cm³/mol. The number of aromatic nitrogens is 2. The van der Waals surface area contributed by atoms with Gasteiger partial charge in [-0.05, 0) is 85.0 Å². The van der Waals surface area contributed by atoms with Crippen LogP contribution in [0.25, 0.3) is 52.8 Å². The highest BCUT2D eigenvalue weighted by atomic mass is 32.1. The van der Waals surface area contributed by atoms with E-state index in [9.17, 15) is 0 Å². The summed E-state index contributed by atoms with van der Waals surface area (Å²) >= 11 is 4.01. The fourth-order valence-electron chi connectivity index (χ4n) is 5.84. The predicted octanol–water partition coefficient (Wildman–Crippen LogP) is 11.9. The van der Waals surface area contributed by atoms with Crippen molar-refractivity contribution in [2.45, 2.75) is 66.2 Å². The third-order valence-electron chi connectivity index (χ3n) is 9.34. The van der Waals surface area contributed by atoms with E-state index in [1.54, 1.807) is 12.1 Å². The highest BCUT2D eigenvalue weighted by Crippen LogP contribution is 2.49. The number of aryl methyl sites for hydroxylation is 2. The standard InChI is InChI=1S/C38H40F2N4S3/c1-5-21(3)7-9-23-11-13-25(27(39)19-23)29-15-17-31(45-29)33-35(41)36(42)34(38-37(33)43-47-44-38)32-18-16-30(46-32)26-14-12-24(20-28(26)40)10-8-22(4)6-2/h11-22H,5-10,41-42H2,1-4H3. The maximum Gasteiger partial charge on any atom is 0.132 e. The average molecular weight is 687 g/mol. The zero-order valence-corrected chi connectivity index (χ0v) is 29.7. The number of nitrogens with zero attached hydrogens (tertiary/aromatic N) is 2. The van der Waals surface area contributed by atoms with Crippen LogP contribution in [0, 0.1) is 23.5 Å². The Labute approximate surface area is 287 Å². The van der Waals surface area contributed by atoms with Gasteiger partial charge in [-0.25, -0.2) is 8.78 Å². The molecule has 4 N–H and O–H groups in total. The van der Waals surface area contributed by atoms with Gasteiger partial charge in [0.05, 0.1) is 23.1 Å². The molecule has 0 aliphatic heterocycles. The minimum atomic E-state index is -0.228. The molecule has 0 saturated heterocycles. The molecule has 3 heterocycles. The van der Waals surface area contributed by atoms with Gasteiger partial charge in [-0.2, -0.15) is 8.75 Å². The van der Waals surface area contributed by atoms with Gasteiger partial charge < -0.3 is 11.5 Å². The Bertz CT molecular complexity index is 1880. The van der Waals surface area contributed by atoms with Gasteiger partial charge >= 0.3 is 0 Å². The highest BCUT2D eigenvalue weighted by molar-refractivity contribution is 7.19. The van der Waals surface area contributed by atoms with Gasteiger partial charge in [0.2, 0.25) is 0 Å². The normalized spacial score (nSPS) is 13.0. The van der Waals surface area contributed by atoms with E-state index in [2.05, 4.69) is 36.4 Å². The molecule has 244 valence electrons. The van der Waals surface area contributed by atoms with E-state index in [1.165, 1.54) is 22.7 Å². The number of hydrogen-bond acceptors (Lipinski definition) is 7. The summed E-state index contributed by atoms with van der Waals surface area (Å²) in [7, 11) is 0. The Morgan fingerprint density at radius 1 is 0.617 bits per heavy atom. The monoisotopic (exact) mass is 686 g/mol. The Hall–Kier alpha value is -3.66. The number of hydrogen-bond donors (Lipinski definition) is 2. The lowest BCUT2D eigenvalue weighted by molar-refractivity contribution is 0.515. The molecular weight excluding hydrogens is 647 g/mol. The van der Waals surface area contributed by atoms with Gasteiger partial charge in [-0.3, -0.25) is 0 Å². The van der Waals surface area contributed by atoms with E-state index in [0.29, 0.717) is 56.5 Å². The molecule has 0 bridgehead atoms. The highest BCUT2D eigenvalue weighted by Gasteiger charge is 2.24. The smallest absolute Gasteiger partial charge is 0.132 e. The number of anilines is 2. The Balaban J connectivity index is 1.30. The first kappa shape index (κ1) is 33.2. The van der Waals surface area contributed by atoms with Crippen LogP contribution in [0.5, 0.6) is 0 Å². The number of nitrogens with two attached hydrogens (primary N) is 2. The molecule has 3 aromatic carbocycles. The van der Waals surface area contributed by atoms with Crippen LogP contribution in [0.4, 0.5) is 20.2 Å². The zero-order valence-electron chi connectivity index (χ0n) is 27.2. The molecule has 47 heavy (non-hydrogen) atoms. The molecule has 6 rings (SSSR count). The third-order valence-corrected chi connectivity index (χ3v) is 12.1. The van der Waals surface area contributed by atoms with Crippen molar-refractivity contribution in [3.63, 3.8) is 0 Å². The molecule has 0 amide bonds. The number of fused-ring (bicyclic) bond motifs is 1. The summed E-state index contributed by atoms with van der Waals surface area (Å²) in [5, 5.41) is 0. The second-order valence-corrected chi connectivity index (χ2v) is 15.3. The van der Waals surface area contributed by atoms with E-state index < -0.39 is 0 Å². The van der Waals surface area contributed by atoms with Gasteiger partial charge in [0.15, 0.2) is 0 Å². The first-order valence-electron chi connectivity index (χ1n) is 16.3. The molecule has 9 heteroatoms. The molecular formula is C38H40F2N4S3. The molecule has 3 aromatic heterocycles. The van der Waals surface area contributed by atoms with Crippen LogP contribution in [0.1, 0.15) is 64.5 Å². The summed E-state index contributed by atoms with van der Waals surface area (Å²) in [6, 6.07) is 18.8. The first-order chi connectivity index (χ1) is 22.7. The average Bonchev–Trinajstić information content (AvgIpc) is 3.85. The van der Waals surface area contributed by atoms with E-state index in [4.69, 9.17) is 11.5 Å². The second-order valence-electron chi connectivity index (χ2n) is 12.6. The first-order valence-corrected chi connectivity index (χ1v) is 18.7. The van der Waals surface area contributed by atoms with Crippen LogP contribution in [0.3, 0.4) is 0 Å². The van der Waals surface area contributed by atoms with E-state index in [0.717, 1.165) is 80.9 Å². The van der Waals surface area contributed by atoms with E-state index >= 15 is 8.78 Å². The SMILES string of the molecule is CCC(C)CCc1ccc(-c2ccc(-c3c(N)c(N)c(-c4ccc(-c5ccc(CCC(C)CC)cc5F)s4)c4nsnc34)s2)c(F)c1. The van der Waals surface area contributed by atoms with E-state index in [-0.39, 0.29) is 11.6 Å². The summed E-state index contributed by atoms with van der Waals surface area (Å²) in [5.41, 5.74) is 20.2. The summed E-state index contributed by atoms with van der Waals surface area (Å²) in [4.78, 5) is 3.30. The van der Waals surface area contributed by atoms with Crippen molar-refractivity contribution >= 4 is 56.8 Å². The lowest BCUT2D eigenvalue weighted by atomic mass is 9.98. The molecule has 4 nitrogen and oxygen atoms in total. The van der Waals surface area contributed by atoms with Crippen molar-refractivity contribution in [3.8, 4) is 41.8 Å². The lowest BCUT2D eigenvalue weighted by Gasteiger charge is -2.12. The minimum absolute atomic E-state index is 0.228. The molecule has 6 aromatic rings. The van der Waals surface area contributed by atoms with Crippen LogP contribution < -0.4 is 11.5 Å². The molecule has 0 aliphatic rings. The fourth-order valence-corrected chi connectivity index (χ4v) is 8.58. The van der Waals surface area contributed by atoms with Gasteiger partial charge in [0, 0.05) is 41.8 Å². The van der Waals surface area contributed by atoms with Crippen molar-refractivity contribution in [1.29, 1.82) is 0 Å². The van der Waals surface area contributed by atoms with Gasteiger partial charge in [-0.15, -0.1) is 22.7 Å². The Morgan fingerprint density at radius 2 is 1.02 bits per heavy atom. The molecule has 0 radical (unpaired) electrons. The summed E-state index contributed by atoms with van der Waals surface area (Å²) in [6.07, 6.45) is 6.06. The van der Waals surface area contributed by atoms with Crippen molar-refractivity contribution in [3.05, 3.63) is 83.4 Å². The van der Waals surface area contributed by atoms with Crippen LogP contribution >= 0.6 is 34.4 Å². The van der Waals surface area contributed by atoms with Crippen LogP contribution in [-0.4, -0.2) is 8.75 Å². The number of benzene rings is 3. The second kappa shape index (κ2) is 14.2. The Kier molecular flexibility index (Phi) is 10.1. The van der Waals surface area contributed by atoms with Crippen molar-refractivity contribution in [1.82, 2.24) is 8.75 Å². The van der Waals surface area contributed by atoms with Crippen molar-refractivity contribution in [2.24, 2.45) is 11.8 Å². The molecule has 2 atom stereocenters. The molecule has 0 fully saturated rings. The minimum Gasteiger partial charge on any atom is -0.396 e. The molecule has 2 unspecified atom stereocenters. The maximum atomic E-state index is 15.3. The van der Waals surface area contributed by atoms with Crippen molar-refractivity contribution < 1.29 is 8.78 Å². The maximum absolute atomic E-state index is 15.3. The topological polar surface area (TPSA) is 77.8 Å². The number of nitrogen functional groups attached to an aromatic ring is 2. The van der Waals surface area contributed by atoms with E-state index in [1.807, 2.05) is 48.5 Å². The Morgan fingerprint density at radius 3 is 1.40 bits per heavy atom. The number of halogens is 2. The van der Waals surface area contributed by atoms with Gasteiger partial charge in [0.1, 0.15) is 22.7 Å². The summed E-state index contributed by atoms with van der Waals surface area (Å²) in [5.74, 6) is 0.776. The summed E-state index contributed by atoms with van der Waals surface area (Å²) in [6.45, 7) is 8.82. The molecule has 0 saturated carbocycles. The zero-order chi connectivity index (χ0) is 33.2. The van der Waals surface area contributed by atoms with Crippen LogP contribution in [0.15, 0.2) is 60.7 Å². The van der Waals surface area contributed by atoms with Gasteiger partial charge in [0.25, 0.3) is 0 Å². The summed E-state index contributed by atoms with van der Waals surface area (Å²) < 4.78 is 39.9. The van der Waals surface area contributed by atoms with Gasteiger partial charge in [-0.1, -0.05) is 64.8 Å². The lowest BCUT2D eigenvalue weighted by Crippen LogP contribution is -2.00. The fraction of sp³-hybridized carbons (Fsp3) is 0.316. The van der Waals surface area contributed by atoms with Crippen molar-refractivity contribution in [2.75, 3.05) is 11.5 Å².